The van der Waals surface area contributed by atoms with E-state index in [1.165, 1.54) is 0 Å². The summed E-state index contributed by atoms with van der Waals surface area (Å²) in [4.78, 5) is 20.9. The number of carbonyl (C=O) groups is 1. The molecule has 0 bridgehead atoms. The molecule has 0 saturated carbocycles. The van der Waals surface area contributed by atoms with Crippen LogP contribution in [0.25, 0.3) is 11.0 Å². The van der Waals surface area contributed by atoms with Gasteiger partial charge in [-0.15, -0.1) is 0 Å². The van der Waals surface area contributed by atoms with E-state index in [0.717, 1.165) is 28.8 Å². The smallest absolute Gasteiger partial charge is 0.225 e. The first kappa shape index (κ1) is 19.6. The number of para-hydroxylation sites is 2. The maximum Gasteiger partial charge on any atom is 0.225 e. The molecular weight excluding hydrogens is 390 g/mol. The monoisotopic (exact) mass is 413 g/mol. The number of ether oxygens (including phenoxy) is 2. The SMILES string of the molecule is CCC(C)C(NC(=O)Cc1cc(Cl)c2c(c1)OCCO2)c1nc2ccccc2[nH]1. The lowest BCUT2D eigenvalue weighted by atomic mass is 9.98. The van der Waals surface area contributed by atoms with Gasteiger partial charge in [-0.1, -0.05) is 44.0 Å². The number of carbonyl (C=O) groups excluding carboxylic acids is 1. The first-order chi connectivity index (χ1) is 14.0. The van der Waals surface area contributed by atoms with Gasteiger partial charge in [-0.2, -0.15) is 0 Å². The summed E-state index contributed by atoms with van der Waals surface area (Å²) in [5.74, 6) is 2.03. The number of hydrogen-bond acceptors (Lipinski definition) is 4. The van der Waals surface area contributed by atoms with E-state index in [4.69, 9.17) is 21.1 Å². The fraction of sp³-hybridized carbons (Fsp3) is 0.364. The van der Waals surface area contributed by atoms with Crippen LogP contribution in [0.2, 0.25) is 5.02 Å². The predicted octanol–water partition coefficient (Wildman–Crippen LogP) is 4.43. The molecular formula is C22H24ClN3O3. The van der Waals surface area contributed by atoms with Crippen molar-refractivity contribution in [2.45, 2.75) is 32.7 Å². The van der Waals surface area contributed by atoms with Gasteiger partial charge in [0.2, 0.25) is 5.91 Å². The number of fused-ring (bicyclic) bond motifs is 2. The fourth-order valence-electron chi connectivity index (χ4n) is 3.51. The summed E-state index contributed by atoms with van der Waals surface area (Å²) in [5, 5.41) is 3.60. The summed E-state index contributed by atoms with van der Waals surface area (Å²) in [6.45, 7) is 5.16. The van der Waals surface area contributed by atoms with E-state index in [1.807, 2.05) is 30.3 Å². The van der Waals surface area contributed by atoms with Crippen LogP contribution in [-0.4, -0.2) is 29.1 Å². The summed E-state index contributed by atoms with van der Waals surface area (Å²) in [5.41, 5.74) is 2.64. The molecule has 0 saturated heterocycles. The molecule has 7 heteroatoms. The van der Waals surface area contributed by atoms with Gasteiger partial charge in [-0.3, -0.25) is 4.79 Å². The zero-order chi connectivity index (χ0) is 20.4. The van der Waals surface area contributed by atoms with Gasteiger partial charge in [-0.05, 0) is 35.7 Å². The Hall–Kier alpha value is -2.73. The number of benzene rings is 2. The van der Waals surface area contributed by atoms with Crippen molar-refractivity contribution >= 4 is 28.5 Å². The molecule has 1 aromatic heterocycles. The predicted molar refractivity (Wildman–Crippen MR) is 113 cm³/mol. The Labute approximate surface area is 174 Å². The second-order valence-corrected chi connectivity index (χ2v) is 7.76. The van der Waals surface area contributed by atoms with E-state index in [-0.39, 0.29) is 24.3 Å². The number of aromatic nitrogens is 2. The number of aromatic amines is 1. The molecule has 6 nitrogen and oxygen atoms in total. The Morgan fingerprint density at radius 2 is 2.07 bits per heavy atom. The Morgan fingerprint density at radius 1 is 1.28 bits per heavy atom. The van der Waals surface area contributed by atoms with Gasteiger partial charge in [-0.25, -0.2) is 4.98 Å². The third-order valence-corrected chi connectivity index (χ3v) is 5.53. The molecule has 29 heavy (non-hydrogen) atoms. The molecule has 2 unspecified atom stereocenters. The Bertz CT molecular complexity index is 1000. The van der Waals surface area contributed by atoms with Gasteiger partial charge < -0.3 is 19.8 Å². The zero-order valence-electron chi connectivity index (χ0n) is 16.5. The second-order valence-electron chi connectivity index (χ2n) is 7.35. The molecule has 1 amide bonds. The normalized spacial score (nSPS) is 15.1. The Balaban J connectivity index is 1.53. The molecule has 2 heterocycles. The van der Waals surface area contributed by atoms with Crippen LogP contribution in [0, 0.1) is 5.92 Å². The number of amides is 1. The molecule has 2 aromatic carbocycles. The molecule has 1 aliphatic rings. The van der Waals surface area contributed by atoms with Crippen molar-refractivity contribution in [2.24, 2.45) is 5.92 Å². The van der Waals surface area contributed by atoms with Gasteiger partial charge in [0.25, 0.3) is 0 Å². The second kappa shape index (κ2) is 8.33. The molecule has 0 fully saturated rings. The minimum absolute atomic E-state index is 0.0940. The van der Waals surface area contributed by atoms with E-state index in [9.17, 15) is 4.79 Å². The van der Waals surface area contributed by atoms with Crippen molar-refractivity contribution in [3.63, 3.8) is 0 Å². The van der Waals surface area contributed by atoms with Crippen LogP contribution < -0.4 is 14.8 Å². The van der Waals surface area contributed by atoms with Crippen molar-refractivity contribution in [2.75, 3.05) is 13.2 Å². The molecule has 2 atom stereocenters. The van der Waals surface area contributed by atoms with E-state index in [1.54, 1.807) is 6.07 Å². The van der Waals surface area contributed by atoms with Crippen molar-refractivity contribution in [3.05, 3.63) is 52.8 Å². The molecule has 0 spiro atoms. The Kier molecular flexibility index (Phi) is 5.62. The number of imidazole rings is 1. The number of halogens is 1. The van der Waals surface area contributed by atoms with E-state index >= 15 is 0 Å². The van der Waals surface area contributed by atoms with Crippen molar-refractivity contribution in [3.8, 4) is 11.5 Å². The van der Waals surface area contributed by atoms with Gasteiger partial charge in [0.15, 0.2) is 11.5 Å². The minimum Gasteiger partial charge on any atom is -0.486 e. The van der Waals surface area contributed by atoms with Crippen LogP contribution >= 0.6 is 11.6 Å². The van der Waals surface area contributed by atoms with Crippen LogP contribution in [0.5, 0.6) is 11.5 Å². The highest BCUT2D eigenvalue weighted by Gasteiger charge is 2.24. The molecule has 4 rings (SSSR count). The summed E-state index contributed by atoms with van der Waals surface area (Å²) in [7, 11) is 0. The van der Waals surface area contributed by atoms with Gasteiger partial charge in [0.1, 0.15) is 19.0 Å². The number of nitrogens with zero attached hydrogens (tertiary/aromatic N) is 1. The molecule has 0 aliphatic carbocycles. The molecule has 3 aromatic rings. The van der Waals surface area contributed by atoms with Crippen molar-refractivity contribution in [1.82, 2.24) is 15.3 Å². The van der Waals surface area contributed by atoms with Crippen LogP contribution in [0.1, 0.15) is 37.7 Å². The highest BCUT2D eigenvalue weighted by atomic mass is 35.5. The maximum atomic E-state index is 12.8. The number of rotatable bonds is 6. The first-order valence-corrected chi connectivity index (χ1v) is 10.2. The van der Waals surface area contributed by atoms with Crippen molar-refractivity contribution < 1.29 is 14.3 Å². The standard InChI is InChI=1S/C22H24ClN3O3/c1-3-13(2)20(22-24-16-6-4-5-7-17(16)25-22)26-19(27)12-14-10-15(23)21-18(11-14)28-8-9-29-21/h4-7,10-11,13,20H,3,8-9,12H2,1-2H3,(H,24,25)(H,26,27). The van der Waals surface area contributed by atoms with Gasteiger partial charge in [0, 0.05) is 0 Å². The third kappa shape index (κ3) is 4.17. The summed E-state index contributed by atoms with van der Waals surface area (Å²) in [6, 6.07) is 11.2. The van der Waals surface area contributed by atoms with Crippen molar-refractivity contribution in [1.29, 1.82) is 0 Å². The molecule has 1 aliphatic heterocycles. The van der Waals surface area contributed by atoms with Gasteiger partial charge >= 0.3 is 0 Å². The topological polar surface area (TPSA) is 76.2 Å². The lowest BCUT2D eigenvalue weighted by Gasteiger charge is -2.23. The van der Waals surface area contributed by atoms with E-state index in [2.05, 4.69) is 29.1 Å². The zero-order valence-corrected chi connectivity index (χ0v) is 17.3. The number of nitrogens with one attached hydrogen (secondary N) is 2. The average Bonchev–Trinajstić information content (AvgIpc) is 3.15. The lowest BCUT2D eigenvalue weighted by molar-refractivity contribution is -0.121. The largest absolute Gasteiger partial charge is 0.486 e. The highest BCUT2D eigenvalue weighted by Crippen LogP contribution is 2.38. The van der Waals surface area contributed by atoms with E-state index in [0.29, 0.717) is 29.7 Å². The molecule has 2 N–H and O–H groups in total. The van der Waals surface area contributed by atoms with Gasteiger partial charge in [0.05, 0.1) is 28.5 Å². The van der Waals surface area contributed by atoms with Crippen LogP contribution in [0.15, 0.2) is 36.4 Å². The maximum absolute atomic E-state index is 12.8. The summed E-state index contributed by atoms with van der Waals surface area (Å²) < 4.78 is 11.2. The summed E-state index contributed by atoms with van der Waals surface area (Å²) >= 11 is 6.30. The quantitative estimate of drug-likeness (QED) is 0.626. The number of H-pyrrole nitrogens is 1. The Morgan fingerprint density at radius 3 is 2.86 bits per heavy atom. The highest BCUT2D eigenvalue weighted by molar-refractivity contribution is 6.32. The van der Waals surface area contributed by atoms with Crippen LogP contribution in [0.4, 0.5) is 0 Å². The van der Waals surface area contributed by atoms with Crippen LogP contribution in [0.3, 0.4) is 0 Å². The average molecular weight is 414 g/mol. The summed E-state index contributed by atoms with van der Waals surface area (Å²) in [6.07, 6.45) is 1.11. The lowest BCUT2D eigenvalue weighted by Crippen LogP contribution is -2.34. The van der Waals surface area contributed by atoms with Crippen LogP contribution in [-0.2, 0) is 11.2 Å². The number of hydrogen-bond donors (Lipinski definition) is 2. The molecule has 152 valence electrons. The third-order valence-electron chi connectivity index (χ3n) is 5.25. The minimum atomic E-state index is -0.201. The first-order valence-electron chi connectivity index (χ1n) is 9.87. The fourth-order valence-corrected chi connectivity index (χ4v) is 3.80. The van der Waals surface area contributed by atoms with E-state index < -0.39 is 0 Å². The molecule has 0 radical (unpaired) electrons.